The molecule has 0 radical (unpaired) electrons. The van der Waals surface area contributed by atoms with Crippen LogP contribution in [0.4, 0.5) is 4.79 Å². The summed E-state index contributed by atoms with van der Waals surface area (Å²) < 4.78 is 0. The van der Waals surface area contributed by atoms with Crippen LogP contribution in [-0.2, 0) is 4.79 Å². The molecule has 6 heteroatoms. The maximum absolute atomic E-state index is 12.7. The lowest BCUT2D eigenvalue weighted by Crippen LogP contribution is -2.62. The average Bonchev–Trinajstić information content (AvgIpc) is 2.64. The number of hydrogen-bond donors (Lipinski definition) is 3. The topological polar surface area (TPSA) is 73.5 Å². The number of nitrogens with zero attached hydrogens (tertiary/aromatic N) is 1. The van der Waals surface area contributed by atoms with Crippen molar-refractivity contribution in [1.82, 2.24) is 20.9 Å². The van der Waals surface area contributed by atoms with E-state index >= 15 is 0 Å². The summed E-state index contributed by atoms with van der Waals surface area (Å²) in [6.45, 7) is 4.88. The fourth-order valence-electron chi connectivity index (χ4n) is 6.90. The summed E-state index contributed by atoms with van der Waals surface area (Å²) >= 11 is 0. The van der Waals surface area contributed by atoms with E-state index < -0.39 is 0 Å². The smallest absolute Gasteiger partial charge is 0.321 e. The Balaban J connectivity index is 1.24. The monoisotopic (exact) mass is 390 g/mol. The van der Waals surface area contributed by atoms with Crippen LogP contribution in [0, 0.1) is 23.7 Å². The van der Waals surface area contributed by atoms with Crippen LogP contribution in [0.15, 0.2) is 0 Å². The van der Waals surface area contributed by atoms with Crippen LogP contribution in [0.2, 0.25) is 0 Å². The molecule has 3 N–H and O–H groups in total. The fourth-order valence-corrected chi connectivity index (χ4v) is 6.90. The van der Waals surface area contributed by atoms with Crippen LogP contribution >= 0.6 is 0 Å². The Hall–Kier alpha value is -1.14. The van der Waals surface area contributed by atoms with Crippen LogP contribution in [0.5, 0.6) is 0 Å². The number of piperidine rings is 1. The zero-order valence-corrected chi connectivity index (χ0v) is 17.6. The van der Waals surface area contributed by atoms with E-state index in [0.29, 0.717) is 0 Å². The molecule has 0 aromatic carbocycles. The quantitative estimate of drug-likeness (QED) is 0.651. The second kappa shape index (κ2) is 8.31. The number of likely N-dealkylation sites (tertiary alicyclic amines) is 1. The molecule has 1 atom stereocenters. The van der Waals surface area contributed by atoms with Gasteiger partial charge in [0.2, 0.25) is 5.91 Å². The second-order valence-electron chi connectivity index (χ2n) is 10.2. The van der Waals surface area contributed by atoms with E-state index in [2.05, 4.69) is 20.9 Å². The summed E-state index contributed by atoms with van der Waals surface area (Å²) in [6.07, 6.45) is 10.9. The van der Waals surface area contributed by atoms with E-state index in [1.165, 1.54) is 25.7 Å². The molecule has 5 aliphatic rings. The molecule has 5 fully saturated rings. The minimum Gasteiger partial charge on any atom is -0.332 e. The third-order valence-electron chi connectivity index (χ3n) is 8.03. The highest BCUT2D eigenvalue weighted by atomic mass is 16.2. The molecular weight excluding hydrogens is 352 g/mol. The normalized spacial score (nSPS) is 36.3. The Morgan fingerprint density at radius 1 is 1.04 bits per heavy atom. The molecule has 1 heterocycles. The van der Waals surface area contributed by atoms with Gasteiger partial charge in [-0.1, -0.05) is 0 Å². The van der Waals surface area contributed by atoms with Crippen molar-refractivity contribution in [3.05, 3.63) is 0 Å². The Morgan fingerprint density at radius 3 is 2.14 bits per heavy atom. The van der Waals surface area contributed by atoms with Gasteiger partial charge in [0.05, 0.1) is 6.04 Å². The molecule has 28 heavy (non-hydrogen) atoms. The molecule has 4 aliphatic carbocycles. The number of amides is 3. The standard InChI is InChI=1S/C22H38N4O2/c1-15(26-7-4-16(5-8-26)3-6-23-2)20(27)24-21(28)25-22-12-17-9-18(13-22)11-19(10-17)14-22/h15-19,23H,3-14H2,1-2H3,(H2,24,25,27,28). The van der Waals surface area contributed by atoms with Crippen molar-refractivity contribution >= 4 is 11.9 Å². The largest absolute Gasteiger partial charge is 0.332 e. The summed E-state index contributed by atoms with van der Waals surface area (Å²) in [5, 5.41) is 9.12. The summed E-state index contributed by atoms with van der Waals surface area (Å²) in [4.78, 5) is 27.5. The third kappa shape index (κ3) is 4.38. The highest BCUT2D eigenvalue weighted by Gasteiger charge is 2.51. The highest BCUT2D eigenvalue weighted by molar-refractivity contribution is 5.97. The Kier molecular flexibility index (Phi) is 5.98. The summed E-state index contributed by atoms with van der Waals surface area (Å²) in [7, 11) is 2.00. The van der Waals surface area contributed by atoms with Crippen molar-refractivity contribution in [2.24, 2.45) is 23.7 Å². The molecule has 3 amide bonds. The lowest BCUT2D eigenvalue weighted by atomic mass is 9.53. The van der Waals surface area contributed by atoms with Gasteiger partial charge < -0.3 is 10.6 Å². The number of urea groups is 1. The number of carbonyl (C=O) groups is 2. The Morgan fingerprint density at radius 2 is 1.61 bits per heavy atom. The van der Waals surface area contributed by atoms with E-state index in [9.17, 15) is 9.59 Å². The number of imide groups is 1. The van der Waals surface area contributed by atoms with Gasteiger partial charge in [-0.3, -0.25) is 15.0 Å². The molecule has 0 aromatic rings. The Bertz CT molecular complexity index is 550. The fraction of sp³-hybridized carbons (Fsp3) is 0.909. The third-order valence-corrected chi connectivity index (χ3v) is 8.03. The summed E-state index contributed by atoms with van der Waals surface area (Å²) in [6, 6.07) is -0.518. The number of hydrogen-bond acceptors (Lipinski definition) is 4. The Labute approximate surface area is 169 Å². The van der Waals surface area contributed by atoms with Gasteiger partial charge in [0.25, 0.3) is 0 Å². The molecule has 0 aromatic heterocycles. The predicted molar refractivity (Wildman–Crippen MR) is 110 cm³/mol. The van der Waals surface area contributed by atoms with Crippen LogP contribution in [0.3, 0.4) is 0 Å². The predicted octanol–water partition coefficient (Wildman–Crippen LogP) is 2.49. The first-order chi connectivity index (χ1) is 13.5. The molecule has 4 saturated carbocycles. The molecule has 1 saturated heterocycles. The first-order valence-electron chi connectivity index (χ1n) is 11.5. The van der Waals surface area contributed by atoms with Gasteiger partial charge in [0.15, 0.2) is 0 Å². The average molecular weight is 391 g/mol. The maximum atomic E-state index is 12.7. The minimum atomic E-state index is -0.275. The van der Waals surface area contributed by atoms with Gasteiger partial charge in [-0.05, 0) is 115 Å². The zero-order chi connectivity index (χ0) is 19.7. The molecule has 1 unspecified atom stereocenters. The van der Waals surface area contributed by atoms with Crippen molar-refractivity contribution in [3.8, 4) is 0 Å². The van der Waals surface area contributed by atoms with Crippen molar-refractivity contribution < 1.29 is 9.59 Å². The van der Waals surface area contributed by atoms with E-state index in [1.807, 2.05) is 14.0 Å². The lowest BCUT2D eigenvalue weighted by molar-refractivity contribution is -0.125. The van der Waals surface area contributed by atoms with Crippen LogP contribution in [0.25, 0.3) is 0 Å². The van der Waals surface area contributed by atoms with E-state index in [-0.39, 0.29) is 23.5 Å². The van der Waals surface area contributed by atoms with Crippen molar-refractivity contribution in [2.75, 3.05) is 26.7 Å². The number of carbonyl (C=O) groups excluding carboxylic acids is 2. The molecule has 1 aliphatic heterocycles. The van der Waals surface area contributed by atoms with Gasteiger partial charge >= 0.3 is 6.03 Å². The van der Waals surface area contributed by atoms with Gasteiger partial charge in [-0.2, -0.15) is 0 Å². The van der Waals surface area contributed by atoms with Crippen molar-refractivity contribution in [1.29, 1.82) is 0 Å². The van der Waals surface area contributed by atoms with Crippen molar-refractivity contribution in [2.45, 2.75) is 76.3 Å². The molecule has 5 rings (SSSR count). The molecular formula is C22H38N4O2. The minimum absolute atomic E-state index is 0.0476. The van der Waals surface area contributed by atoms with E-state index in [4.69, 9.17) is 0 Å². The van der Waals surface area contributed by atoms with Gasteiger partial charge in [0, 0.05) is 5.54 Å². The number of nitrogens with one attached hydrogen (secondary N) is 3. The summed E-state index contributed by atoms with van der Waals surface area (Å²) in [5.41, 5.74) is -0.0476. The highest BCUT2D eigenvalue weighted by Crippen LogP contribution is 2.55. The summed E-state index contributed by atoms with van der Waals surface area (Å²) in [5.74, 6) is 2.94. The maximum Gasteiger partial charge on any atom is 0.321 e. The molecule has 4 bridgehead atoms. The molecule has 6 nitrogen and oxygen atoms in total. The van der Waals surface area contributed by atoms with E-state index in [0.717, 1.165) is 75.4 Å². The van der Waals surface area contributed by atoms with Crippen LogP contribution < -0.4 is 16.0 Å². The first-order valence-corrected chi connectivity index (χ1v) is 11.5. The number of rotatable bonds is 6. The van der Waals surface area contributed by atoms with Crippen LogP contribution in [0.1, 0.15) is 64.7 Å². The lowest BCUT2D eigenvalue weighted by Gasteiger charge is -2.56. The van der Waals surface area contributed by atoms with E-state index in [1.54, 1.807) is 0 Å². The first kappa shape index (κ1) is 20.1. The zero-order valence-electron chi connectivity index (χ0n) is 17.6. The van der Waals surface area contributed by atoms with Gasteiger partial charge in [-0.25, -0.2) is 4.79 Å². The van der Waals surface area contributed by atoms with Crippen LogP contribution in [-0.4, -0.2) is 55.1 Å². The van der Waals surface area contributed by atoms with Crippen molar-refractivity contribution in [3.63, 3.8) is 0 Å². The SMILES string of the molecule is CNCCC1CCN(C(C)C(=O)NC(=O)NC23CC4CC(CC(C4)C2)C3)CC1. The molecule has 158 valence electrons. The van der Waals surface area contributed by atoms with Gasteiger partial charge in [-0.15, -0.1) is 0 Å². The van der Waals surface area contributed by atoms with Gasteiger partial charge in [0.1, 0.15) is 0 Å². The molecule has 0 spiro atoms. The second-order valence-corrected chi connectivity index (χ2v) is 10.2.